The van der Waals surface area contributed by atoms with Crippen molar-refractivity contribution in [3.05, 3.63) is 41.1 Å². The van der Waals surface area contributed by atoms with Crippen molar-refractivity contribution >= 4 is 10.9 Å². The molecule has 0 bridgehead atoms. The zero-order chi connectivity index (χ0) is 20.2. The van der Waals surface area contributed by atoms with Crippen molar-refractivity contribution < 1.29 is 31.1 Å². The molecule has 0 aliphatic carbocycles. The largest absolute Gasteiger partial charge is 0.433 e. The molecule has 3 nitrogen and oxygen atoms in total. The Morgan fingerprint density at radius 1 is 1.07 bits per heavy atom. The van der Waals surface area contributed by atoms with Gasteiger partial charge in [-0.3, -0.25) is 0 Å². The van der Waals surface area contributed by atoms with Crippen molar-refractivity contribution in [1.29, 1.82) is 0 Å². The summed E-state index contributed by atoms with van der Waals surface area (Å²) >= 11 is 0. The fourth-order valence-electron chi connectivity index (χ4n) is 2.71. The number of para-hydroxylation sites is 1. The molecule has 0 saturated heterocycles. The number of rotatable bonds is 7. The van der Waals surface area contributed by atoms with Crippen LogP contribution in [0.15, 0.2) is 24.3 Å². The highest BCUT2D eigenvalue weighted by atomic mass is 19.4. The molecule has 0 aliphatic heterocycles. The molecular weight excluding hydrogens is 374 g/mol. The number of ether oxygens (including phenoxy) is 1. The zero-order valence-corrected chi connectivity index (χ0v) is 14.6. The highest BCUT2D eigenvalue weighted by Crippen LogP contribution is 2.38. The number of unbranched alkanes of at least 4 members (excludes halogenated alkanes) is 2. The molecule has 1 heterocycles. The maximum absolute atomic E-state index is 13.2. The van der Waals surface area contributed by atoms with Crippen molar-refractivity contribution in [3.8, 4) is 0 Å². The summed E-state index contributed by atoms with van der Waals surface area (Å²) in [5.41, 5.74) is 2.46. The van der Waals surface area contributed by atoms with Crippen LogP contribution < -0.4 is 5.73 Å². The smallest absolute Gasteiger partial charge is 0.379 e. The number of benzene rings is 1. The van der Waals surface area contributed by atoms with Gasteiger partial charge in [0.2, 0.25) is 0 Å². The van der Waals surface area contributed by atoms with Crippen LogP contribution in [-0.4, -0.2) is 18.2 Å². The first-order valence-electron chi connectivity index (χ1n) is 8.47. The van der Waals surface area contributed by atoms with Gasteiger partial charge in [-0.05, 0) is 24.1 Å². The van der Waals surface area contributed by atoms with Gasteiger partial charge in [0.25, 0.3) is 0 Å². The molecule has 0 spiro atoms. The number of aromatic nitrogens is 1. The summed E-state index contributed by atoms with van der Waals surface area (Å²) in [7, 11) is 0. The van der Waals surface area contributed by atoms with Gasteiger partial charge in [-0.15, -0.1) is 0 Å². The van der Waals surface area contributed by atoms with E-state index >= 15 is 0 Å². The van der Waals surface area contributed by atoms with E-state index in [0.29, 0.717) is 18.7 Å². The second-order valence-corrected chi connectivity index (χ2v) is 6.18. The van der Waals surface area contributed by atoms with E-state index in [-0.39, 0.29) is 17.6 Å². The van der Waals surface area contributed by atoms with Crippen molar-refractivity contribution in [3.63, 3.8) is 0 Å². The third kappa shape index (κ3) is 5.32. The first kappa shape index (κ1) is 21.4. The number of halogens is 6. The average molecular weight is 394 g/mol. The lowest BCUT2D eigenvalue weighted by Crippen LogP contribution is -2.20. The molecule has 1 aromatic heterocycles. The van der Waals surface area contributed by atoms with E-state index < -0.39 is 35.2 Å². The molecule has 150 valence electrons. The summed E-state index contributed by atoms with van der Waals surface area (Å²) in [6.45, 7) is 2.28. The van der Waals surface area contributed by atoms with E-state index in [9.17, 15) is 26.3 Å². The predicted octanol–water partition coefficient (Wildman–Crippen LogP) is 5.48. The minimum atomic E-state index is -4.90. The van der Waals surface area contributed by atoms with E-state index in [2.05, 4.69) is 4.98 Å². The van der Waals surface area contributed by atoms with Crippen molar-refractivity contribution in [2.45, 2.75) is 44.6 Å². The van der Waals surface area contributed by atoms with Crippen LogP contribution in [0.3, 0.4) is 0 Å². The second kappa shape index (κ2) is 8.43. The number of alkyl halides is 6. The minimum absolute atomic E-state index is 0.0671. The molecule has 1 atom stereocenters. The predicted molar refractivity (Wildman–Crippen MR) is 89.0 cm³/mol. The number of nitrogens with two attached hydrogens (primary N) is 1. The quantitative estimate of drug-likeness (QED) is 0.500. The summed E-state index contributed by atoms with van der Waals surface area (Å²) in [4.78, 5) is 3.24. The lowest BCUT2D eigenvalue weighted by Gasteiger charge is -2.19. The SMILES string of the molecule is CCCCCOC[C@@H](N)c1cc(C(F)(F)F)nc2c(C(F)(F)F)cccc12. The Bertz CT molecular complexity index is 773. The number of hydrogen-bond acceptors (Lipinski definition) is 3. The van der Waals surface area contributed by atoms with E-state index in [4.69, 9.17) is 10.5 Å². The normalized spacial score (nSPS) is 13.9. The fraction of sp³-hybridized carbons (Fsp3) is 0.500. The molecule has 2 aromatic rings. The molecule has 0 fully saturated rings. The summed E-state index contributed by atoms with van der Waals surface area (Å²) in [5.74, 6) is 0. The average Bonchev–Trinajstić information content (AvgIpc) is 2.58. The zero-order valence-electron chi connectivity index (χ0n) is 14.6. The van der Waals surface area contributed by atoms with Crippen LogP contribution in [-0.2, 0) is 17.1 Å². The lowest BCUT2D eigenvalue weighted by atomic mass is 9.99. The first-order valence-corrected chi connectivity index (χ1v) is 8.47. The molecule has 0 amide bonds. The van der Waals surface area contributed by atoms with E-state index in [1.807, 2.05) is 6.92 Å². The molecule has 27 heavy (non-hydrogen) atoms. The monoisotopic (exact) mass is 394 g/mol. The Labute approximate surface area is 152 Å². The van der Waals surface area contributed by atoms with Gasteiger partial charge >= 0.3 is 12.4 Å². The van der Waals surface area contributed by atoms with Crippen LogP contribution in [0, 0.1) is 0 Å². The molecular formula is C18H20F6N2O. The number of hydrogen-bond donors (Lipinski definition) is 1. The van der Waals surface area contributed by atoms with E-state index in [0.717, 1.165) is 25.3 Å². The summed E-state index contributed by atoms with van der Waals surface area (Å²) in [6, 6.07) is 2.79. The number of fused-ring (bicyclic) bond motifs is 1. The minimum Gasteiger partial charge on any atom is -0.379 e. The van der Waals surface area contributed by atoms with Gasteiger partial charge < -0.3 is 10.5 Å². The highest BCUT2D eigenvalue weighted by Gasteiger charge is 2.37. The summed E-state index contributed by atoms with van der Waals surface area (Å²) in [5, 5.41) is -0.0671. The standard InChI is InChI=1S/C18H20F6N2O/c1-2-3-4-8-27-10-14(25)12-9-15(18(22,23)24)26-16-11(12)6-5-7-13(16)17(19,20)21/h5-7,9,14H,2-4,8,10,25H2,1H3/t14-/m1/s1. The van der Waals surface area contributed by atoms with Crippen LogP contribution in [0.4, 0.5) is 26.3 Å². The van der Waals surface area contributed by atoms with Crippen molar-refractivity contribution in [2.75, 3.05) is 13.2 Å². The van der Waals surface area contributed by atoms with Crippen LogP contribution in [0.5, 0.6) is 0 Å². The Balaban J connectivity index is 2.47. The van der Waals surface area contributed by atoms with Crippen LogP contribution in [0.1, 0.15) is 49.0 Å². The summed E-state index contributed by atoms with van der Waals surface area (Å²) < 4.78 is 84.5. The topological polar surface area (TPSA) is 48.1 Å². The van der Waals surface area contributed by atoms with Gasteiger partial charge in [0.1, 0.15) is 5.69 Å². The molecule has 0 unspecified atom stereocenters. The fourth-order valence-corrected chi connectivity index (χ4v) is 2.71. The van der Waals surface area contributed by atoms with Gasteiger partial charge in [0.15, 0.2) is 0 Å². The van der Waals surface area contributed by atoms with Crippen molar-refractivity contribution in [2.24, 2.45) is 5.73 Å². The second-order valence-electron chi connectivity index (χ2n) is 6.18. The third-order valence-electron chi connectivity index (χ3n) is 4.06. The molecule has 2 rings (SSSR count). The van der Waals surface area contributed by atoms with E-state index in [1.54, 1.807) is 0 Å². The Morgan fingerprint density at radius 2 is 1.78 bits per heavy atom. The lowest BCUT2D eigenvalue weighted by molar-refractivity contribution is -0.142. The van der Waals surface area contributed by atoms with Gasteiger partial charge in [-0.25, -0.2) is 4.98 Å². The first-order chi connectivity index (χ1) is 12.6. The Morgan fingerprint density at radius 3 is 2.37 bits per heavy atom. The molecule has 0 radical (unpaired) electrons. The van der Waals surface area contributed by atoms with Crippen molar-refractivity contribution in [1.82, 2.24) is 4.98 Å². The molecule has 0 aliphatic rings. The van der Waals surface area contributed by atoms with E-state index in [1.165, 1.54) is 6.07 Å². The number of pyridine rings is 1. The van der Waals surface area contributed by atoms with Gasteiger partial charge in [0.05, 0.1) is 23.7 Å². The highest BCUT2D eigenvalue weighted by molar-refractivity contribution is 5.86. The Kier molecular flexibility index (Phi) is 6.69. The number of nitrogens with zero attached hydrogens (tertiary/aromatic N) is 1. The van der Waals surface area contributed by atoms with Crippen LogP contribution in [0.2, 0.25) is 0 Å². The molecule has 0 saturated carbocycles. The van der Waals surface area contributed by atoms with Gasteiger partial charge in [-0.2, -0.15) is 26.3 Å². The summed E-state index contributed by atoms with van der Waals surface area (Å²) in [6.07, 6.45) is -7.06. The molecule has 9 heteroatoms. The maximum atomic E-state index is 13.2. The van der Waals surface area contributed by atoms with Crippen LogP contribution >= 0.6 is 0 Å². The Hall–Kier alpha value is -1.87. The molecule has 1 aromatic carbocycles. The third-order valence-corrected chi connectivity index (χ3v) is 4.06. The maximum Gasteiger partial charge on any atom is 0.433 e. The van der Waals surface area contributed by atoms with Gasteiger partial charge in [-0.1, -0.05) is 31.9 Å². The van der Waals surface area contributed by atoms with Gasteiger partial charge in [0, 0.05) is 12.0 Å². The molecule has 2 N–H and O–H groups in total. The van der Waals surface area contributed by atoms with Crippen LogP contribution in [0.25, 0.3) is 10.9 Å².